The smallest absolute Gasteiger partial charge is 0.165 e. The van der Waals surface area contributed by atoms with Gasteiger partial charge in [-0.1, -0.05) is 25.1 Å². The monoisotopic (exact) mass is 259 g/mol. The minimum atomic E-state index is 0.252. The van der Waals surface area contributed by atoms with E-state index < -0.39 is 0 Å². The summed E-state index contributed by atoms with van der Waals surface area (Å²) in [6, 6.07) is 8.32. The Balaban J connectivity index is 2.17. The van der Waals surface area contributed by atoms with E-state index in [2.05, 4.69) is 30.3 Å². The summed E-state index contributed by atoms with van der Waals surface area (Å²) in [5.74, 6) is 1.66. The van der Waals surface area contributed by atoms with Gasteiger partial charge in [0.1, 0.15) is 5.75 Å². The Bertz CT molecular complexity index is 522. The highest BCUT2D eigenvalue weighted by Crippen LogP contribution is 2.28. The molecule has 2 rings (SSSR count). The van der Waals surface area contributed by atoms with Crippen LogP contribution in [0.15, 0.2) is 36.7 Å². The second-order valence-corrected chi connectivity index (χ2v) is 4.59. The lowest BCUT2D eigenvalue weighted by Crippen LogP contribution is -2.13. The molecule has 0 saturated carbocycles. The Kier molecular flexibility index (Phi) is 4.58. The molecule has 0 radical (unpaired) electrons. The normalized spacial score (nSPS) is 12.4. The maximum absolute atomic E-state index is 5.94. The Morgan fingerprint density at radius 2 is 2.16 bits per heavy atom. The van der Waals surface area contributed by atoms with Crippen LogP contribution >= 0.6 is 0 Å². The van der Waals surface area contributed by atoms with Gasteiger partial charge in [-0.15, -0.1) is 0 Å². The average molecular weight is 259 g/mol. The van der Waals surface area contributed by atoms with Gasteiger partial charge >= 0.3 is 0 Å². The molecular formula is C15H21N3O. The van der Waals surface area contributed by atoms with Crippen molar-refractivity contribution < 1.29 is 4.74 Å². The highest BCUT2D eigenvalue weighted by atomic mass is 16.5. The van der Waals surface area contributed by atoms with Crippen LogP contribution in [0.3, 0.4) is 0 Å². The highest BCUT2D eigenvalue weighted by molar-refractivity contribution is 5.38. The summed E-state index contributed by atoms with van der Waals surface area (Å²) < 4.78 is 7.84. The molecule has 1 N–H and O–H groups in total. The molecule has 0 aliphatic carbocycles. The fraction of sp³-hybridized carbons (Fsp3) is 0.400. The van der Waals surface area contributed by atoms with Crippen LogP contribution in [-0.2, 0) is 6.54 Å². The van der Waals surface area contributed by atoms with Crippen LogP contribution in [-0.4, -0.2) is 16.8 Å². The minimum absolute atomic E-state index is 0.252. The van der Waals surface area contributed by atoms with E-state index in [4.69, 9.17) is 4.74 Å². The summed E-state index contributed by atoms with van der Waals surface area (Å²) in [6.07, 6.45) is 4.76. The Labute approximate surface area is 114 Å². The summed E-state index contributed by atoms with van der Waals surface area (Å²) in [6.45, 7) is 5.16. The summed E-state index contributed by atoms with van der Waals surface area (Å²) in [5.41, 5.74) is 1.15. The molecule has 1 aromatic carbocycles. The van der Waals surface area contributed by atoms with Crippen molar-refractivity contribution in [2.24, 2.45) is 0 Å². The fourth-order valence-electron chi connectivity index (χ4n) is 1.96. The summed E-state index contributed by atoms with van der Waals surface area (Å²) >= 11 is 0. The van der Waals surface area contributed by atoms with Gasteiger partial charge < -0.3 is 10.1 Å². The first-order chi connectivity index (χ1) is 9.24. The molecule has 1 atom stereocenters. The molecule has 0 aliphatic rings. The molecule has 0 aliphatic heterocycles. The van der Waals surface area contributed by atoms with Crippen molar-refractivity contribution in [2.75, 3.05) is 7.05 Å². The van der Waals surface area contributed by atoms with Crippen LogP contribution in [0.1, 0.15) is 31.9 Å². The van der Waals surface area contributed by atoms with Gasteiger partial charge in [0.05, 0.1) is 12.4 Å². The summed E-state index contributed by atoms with van der Waals surface area (Å²) in [7, 11) is 1.95. The van der Waals surface area contributed by atoms with E-state index in [0.29, 0.717) is 0 Å². The number of hydrogen-bond donors (Lipinski definition) is 1. The number of nitrogens with zero attached hydrogens (tertiary/aromatic N) is 2. The predicted molar refractivity (Wildman–Crippen MR) is 76.5 cm³/mol. The molecule has 1 heterocycles. The van der Waals surface area contributed by atoms with Crippen LogP contribution in [0, 0.1) is 0 Å². The lowest BCUT2D eigenvalue weighted by molar-refractivity contribution is 0.464. The van der Waals surface area contributed by atoms with Crippen LogP contribution < -0.4 is 10.1 Å². The molecule has 4 heteroatoms. The van der Waals surface area contributed by atoms with E-state index in [-0.39, 0.29) is 6.04 Å². The Morgan fingerprint density at radius 1 is 1.37 bits per heavy atom. The van der Waals surface area contributed by atoms with E-state index in [9.17, 15) is 0 Å². The van der Waals surface area contributed by atoms with Gasteiger partial charge in [-0.2, -0.15) is 5.10 Å². The van der Waals surface area contributed by atoms with Crippen molar-refractivity contribution in [1.29, 1.82) is 0 Å². The summed E-state index contributed by atoms with van der Waals surface area (Å²) in [5, 5.41) is 7.50. The number of benzene rings is 1. The largest absolute Gasteiger partial charge is 0.454 e. The number of para-hydroxylation sites is 1. The first-order valence-corrected chi connectivity index (χ1v) is 6.71. The van der Waals surface area contributed by atoms with Gasteiger partial charge in [0.25, 0.3) is 0 Å². The van der Waals surface area contributed by atoms with Gasteiger partial charge in [0.15, 0.2) is 5.75 Å². The zero-order chi connectivity index (χ0) is 13.7. The minimum Gasteiger partial charge on any atom is -0.454 e. The van der Waals surface area contributed by atoms with Crippen LogP contribution in [0.25, 0.3) is 0 Å². The molecule has 1 unspecified atom stereocenters. The van der Waals surface area contributed by atoms with Crippen LogP contribution in [0.4, 0.5) is 0 Å². The van der Waals surface area contributed by atoms with Crippen LogP contribution in [0.2, 0.25) is 0 Å². The Morgan fingerprint density at radius 3 is 2.89 bits per heavy atom. The quantitative estimate of drug-likeness (QED) is 0.864. The molecule has 0 bridgehead atoms. The van der Waals surface area contributed by atoms with Crippen molar-refractivity contribution in [3.8, 4) is 11.5 Å². The average Bonchev–Trinajstić information content (AvgIpc) is 2.86. The maximum atomic E-state index is 5.94. The first-order valence-electron chi connectivity index (χ1n) is 6.71. The standard InChI is InChI=1S/C15H21N3O/c1-4-9-18-11-13(10-17-18)19-15-8-6-5-7-14(15)12(2)16-3/h5-8,10-12,16H,4,9H2,1-3H3. The first kappa shape index (κ1) is 13.6. The van der Waals surface area contributed by atoms with Crippen molar-refractivity contribution in [1.82, 2.24) is 15.1 Å². The van der Waals surface area contributed by atoms with Crippen LogP contribution in [0.5, 0.6) is 11.5 Å². The third-order valence-electron chi connectivity index (χ3n) is 3.11. The topological polar surface area (TPSA) is 39.1 Å². The molecule has 1 aromatic heterocycles. The number of aryl methyl sites for hydroxylation is 1. The molecule has 0 saturated heterocycles. The SMILES string of the molecule is CCCn1cc(Oc2ccccc2C(C)NC)cn1. The third kappa shape index (κ3) is 3.35. The molecule has 2 aromatic rings. The molecular weight excluding hydrogens is 238 g/mol. The van der Waals surface area contributed by atoms with Gasteiger partial charge in [-0.3, -0.25) is 4.68 Å². The van der Waals surface area contributed by atoms with E-state index in [0.717, 1.165) is 30.0 Å². The molecule has 0 spiro atoms. The number of aromatic nitrogens is 2. The van der Waals surface area contributed by atoms with Gasteiger partial charge in [0.2, 0.25) is 0 Å². The second-order valence-electron chi connectivity index (χ2n) is 4.59. The zero-order valence-corrected chi connectivity index (χ0v) is 11.8. The van der Waals surface area contributed by atoms with Gasteiger partial charge in [-0.25, -0.2) is 0 Å². The van der Waals surface area contributed by atoms with Crippen molar-refractivity contribution in [3.05, 3.63) is 42.2 Å². The highest BCUT2D eigenvalue weighted by Gasteiger charge is 2.10. The third-order valence-corrected chi connectivity index (χ3v) is 3.11. The van der Waals surface area contributed by atoms with E-state index in [1.807, 2.05) is 36.1 Å². The van der Waals surface area contributed by atoms with Gasteiger partial charge in [-0.05, 0) is 26.5 Å². The number of hydrogen-bond acceptors (Lipinski definition) is 3. The molecule has 0 amide bonds. The van der Waals surface area contributed by atoms with Crippen molar-refractivity contribution in [2.45, 2.75) is 32.9 Å². The number of ether oxygens (including phenoxy) is 1. The van der Waals surface area contributed by atoms with Crippen molar-refractivity contribution >= 4 is 0 Å². The van der Waals surface area contributed by atoms with E-state index >= 15 is 0 Å². The van der Waals surface area contributed by atoms with Crippen molar-refractivity contribution in [3.63, 3.8) is 0 Å². The molecule has 0 fully saturated rings. The van der Waals surface area contributed by atoms with Gasteiger partial charge in [0, 0.05) is 18.2 Å². The van der Waals surface area contributed by atoms with E-state index in [1.54, 1.807) is 6.20 Å². The second kappa shape index (κ2) is 6.38. The zero-order valence-electron chi connectivity index (χ0n) is 11.8. The molecule has 4 nitrogen and oxygen atoms in total. The predicted octanol–water partition coefficient (Wildman–Crippen LogP) is 3.37. The number of rotatable bonds is 6. The van der Waals surface area contributed by atoms with E-state index in [1.165, 1.54) is 0 Å². The Hall–Kier alpha value is -1.81. The maximum Gasteiger partial charge on any atom is 0.165 e. The fourth-order valence-corrected chi connectivity index (χ4v) is 1.96. The summed E-state index contributed by atoms with van der Waals surface area (Å²) in [4.78, 5) is 0. The molecule has 19 heavy (non-hydrogen) atoms. The molecule has 102 valence electrons. The lowest BCUT2D eigenvalue weighted by Gasteiger charge is -2.15. The number of nitrogens with one attached hydrogen (secondary N) is 1. The lowest BCUT2D eigenvalue weighted by atomic mass is 10.1.